The van der Waals surface area contributed by atoms with Crippen LogP contribution in [0, 0.1) is 5.41 Å². The van der Waals surface area contributed by atoms with E-state index in [-0.39, 0.29) is 17.5 Å². The molecular formula is C15H18N4O3. The second-order valence-electron chi connectivity index (χ2n) is 6.12. The molecule has 1 aromatic heterocycles. The van der Waals surface area contributed by atoms with Crippen molar-refractivity contribution in [2.24, 2.45) is 18.2 Å². The van der Waals surface area contributed by atoms with E-state index in [0.29, 0.717) is 36.1 Å². The van der Waals surface area contributed by atoms with Crippen LogP contribution in [0.1, 0.15) is 23.7 Å². The maximum absolute atomic E-state index is 12.6. The van der Waals surface area contributed by atoms with Gasteiger partial charge in [0.15, 0.2) is 0 Å². The van der Waals surface area contributed by atoms with Crippen molar-refractivity contribution in [1.29, 1.82) is 0 Å². The molecule has 1 aliphatic heterocycles. The highest BCUT2D eigenvalue weighted by Gasteiger charge is 2.40. The molecule has 1 aromatic carbocycles. The molecule has 3 N–H and O–H groups in total. The molecule has 0 radical (unpaired) electrons. The molecule has 2 heterocycles. The number of aromatic nitrogens is 2. The van der Waals surface area contributed by atoms with Crippen LogP contribution in [0.25, 0.3) is 11.0 Å². The summed E-state index contributed by atoms with van der Waals surface area (Å²) in [6.45, 7) is 2.61. The van der Waals surface area contributed by atoms with Gasteiger partial charge in [-0.05, 0) is 31.5 Å². The average Bonchev–Trinajstić information content (AvgIpc) is 3.01. The lowest BCUT2D eigenvalue weighted by Gasteiger charge is -2.21. The van der Waals surface area contributed by atoms with Crippen LogP contribution in [0.5, 0.6) is 0 Å². The molecule has 7 heteroatoms. The molecule has 1 unspecified atom stereocenters. The first-order chi connectivity index (χ1) is 10.3. The Hall–Kier alpha value is -2.57. The van der Waals surface area contributed by atoms with E-state index in [9.17, 15) is 14.4 Å². The molecule has 1 atom stereocenters. The smallest absolute Gasteiger partial charge is 0.326 e. The Morgan fingerprint density at radius 2 is 2.09 bits per heavy atom. The summed E-state index contributed by atoms with van der Waals surface area (Å²) in [7, 11) is 1.65. The SMILES string of the molecule is Cn1c(=O)[nH]c2ccc(C(=O)N3CCC(C)(C(N)=O)C3)cc21. The zero-order valence-corrected chi connectivity index (χ0v) is 12.5. The summed E-state index contributed by atoms with van der Waals surface area (Å²) in [5.74, 6) is -0.535. The fraction of sp³-hybridized carbons (Fsp3) is 0.400. The molecule has 116 valence electrons. The molecule has 1 fully saturated rings. The van der Waals surface area contributed by atoms with Crippen molar-refractivity contribution in [3.63, 3.8) is 0 Å². The van der Waals surface area contributed by atoms with Crippen molar-refractivity contribution in [2.45, 2.75) is 13.3 Å². The van der Waals surface area contributed by atoms with Crippen molar-refractivity contribution in [2.75, 3.05) is 13.1 Å². The first-order valence-corrected chi connectivity index (χ1v) is 7.10. The van der Waals surface area contributed by atoms with Gasteiger partial charge in [0.05, 0.1) is 16.4 Å². The summed E-state index contributed by atoms with van der Waals surface area (Å²) in [4.78, 5) is 40.0. The second-order valence-corrected chi connectivity index (χ2v) is 6.12. The minimum absolute atomic E-state index is 0.152. The zero-order valence-electron chi connectivity index (χ0n) is 12.5. The summed E-state index contributed by atoms with van der Waals surface area (Å²) < 4.78 is 1.46. The van der Waals surface area contributed by atoms with E-state index in [1.165, 1.54) is 4.57 Å². The number of amides is 2. The number of carbonyl (C=O) groups excluding carboxylic acids is 2. The Bertz CT molecular complexity index is 835. The Labute approximate surface area is 126 Å². The highest BCUT2D eigenvalue weighted by molar-refractivity contribution is 5.98. The summed E-state index contributed by atoms with van der Waals surface area (Å²) in [5, 5.41) is 0. The molecule has 3 rings (SSSR count). The fourth-order valence-corrected chi connectivity index (χ4v) is 2.87. The number of rotatable bonds is 2. The third-order valence-corrected chi connectivity index (χ3v) is 4.51. The van der Waals surface area contributed by atoms with Crippen LogP contribution >= 0.6 is 0 Å². The van der Waals surface area contributed by atoms with Crippen LogP contribution in [0.15, 0.2) is 23.0 Å². The van der Waals surface area contributed by atoms with Crippen LogP contribution in [-0.4, -0.2) is 39.4 Å². The minimum Gasteiger partial charge on any atom is -0.369 e. The number of nitrogens with zero attached hydrogens (tertiary/aromatic N) is 2. The molecule has 1 aliphatic rings. The normalized spacial score (nSPS) is 21.5. The summed E-state index contributed by atoms with van der Waals surface area (Å²) in [5.41, 5.74) is 6.38. The quantitative estimate of drug-likeness (QED) is 0.828. The van der Waals surface area contributed by atoms with Gasteiger partial charge in [0.25, 0.3) is 5.91 Å². The van der Waals surface area contributed by atoms with E-state index in [4.69, 9.17) is 5.73 Å². The van der Waals surface area contributed by atoms with Gasteiger partial charge in [0.1, 0.15) is 0 Å². The third kappa shape index (κ3) is 2.09. The van der Waals surface area contributed by atoms with Gasteiger partial charge >= 0.3 is 5.69 Å². The number of aromatic amines is 1. The van der Waals surface area contributed by atoms with Crippen molar-refractivity contribution < 1.29 is 9.59 Å². The van der Waals surface area contributed by atoms with Crippen molar-refractivity contribution in [3.05, 3.63) is 34.2 Å². The van der Waals surface area contributed by atoms with E-state index < -0.39 is 5.41 Å². The molecule has 2 amide bonds. The number of H-pyrrole nitrogens is 1. The van der Waals surface area contributed by atoms with Crippen LogP contribution in [0.3, 0.4) is 0 Å². The number of likely N-dealkylation sites (tertiary alicyclic amines) is 1. The zero-order chi connectivity index (χ0) is 16.1. The number of hydrogen-bond acceptors (Lipinski definition) is 3. The molecule has 22 heavy (non-hydrogen) atoms. The van der Waals surface area contributed by atoms with Gasteiger partial charge in [-0.2, -0.15) is 0 Å². The predicted octanol–water partition coefficient (Wildman–Crippen LogP) is 0.204. The minimum atomic E-state index is -0.666. The second kappa shape index (κ2) is 4.72. The Morgan fingerprint density at radius 1 is 1.36 bits per heavy atom. The van der Waals surface area contributed by atoms with E-state index in [0.717, 1.165) is 0 Å². The van der Waals surface area contributed by atoms with Gasteiger partial charge in [-0.1, -0.05) is 0 Å². The van der Waals surface area contributed by atoms with Crippen molar-refractivity contribution in [1.82, 2.24) is 14.5 Å². The fourth-order valence-electron chi connectivity index (χ4n) is 2.87. The number of fused-ring (bicyclic) bond motifs is 1. The maximum Gasteiger partial charge on any atom is 0.326 e. The molecule has 2 aromatic rings. The standard InChI is InChI=1S/C15H18N4O3/c1-15(13(16)21)5-6-19(8-15)12(20)9-3-4-10-11(7-9)18(2)14(22)17-10/h3-4,7H,5-6,8H2,1-2H3,(H2,16,21)(H,17,22). The highest BCUT2D eigenvalue weighted by Crippen LogP contribution is 2.30. The predicted molar refractivity (Wildman–Crippen MR) is 81.4 cm³/mol. The van der Waals surface area contributed by atoms with Crippen molar-refractivity contribution in [3.8, 4) is 0 Å². The van der Waals surface area contributed by atoms with Crippen molar-refractivity contribution >= 4 is 22.8 Å². The van der Waals surface area contributed by atoms with Crippen LogP contribution in [-0.2, 0) is 11.8 Å². The van der Waals surface area contributed by atoms with Gasteiger partial charge in [0.2, 0.25) is 5.91 Å². The van der Waals surface area contributed by atoms with Gasteiger partial charge in [-0.3, -0.25) is 14.2 Å². The van der Waals surface area contributed by atoms with Crippen LogP contribution in [0.2, 0.25) is 0 Å². The van der Waals surface area contributed by atoms with E-state index in [1.54, 1.807) is 37.1 Å². The monoisotopic (exact) mass is 302 g/mol. The number of carbonyl (C=O) groups is 2. The molecule has 0 saturated carbocycles. The van der Waals surface area contributed by atoms with Gasteiger partial charge in [0, 0.05) is 25.7 Å². The third-order valence-electron chi connectivity index (χ3n) is 4.51. The number of imidazole rings is 1. The summed E-state index contributed by atoms with van der Waals surface area (Å²) in [6, 6.07) is 5.09. The van der Waals surface area contributed by atoms with E-state index in [2.05, 4.69) is 4.98 Å². The number of nitrogens with one attached hydrogen (secondary N) is 1. The lowest BCUT2D eigenvalue weighted by Crippen LogP contribution is -2.38. The number of hydrogen-bond donors (Lipinski definition) is 2. The largest absolute Gasteiger partial charge is 0.369 e. The lowest BCUT2D eigenvalue weighted by atomic mass is 9.89. The molecule has 7 nitrogen and oxygen atoms in total. The Balaban J connectivity index is 1.92. The molecule has 0 aliphatic carbocycles. The number of primary amides is 1. The topological polar surface area (TPSA) is 101 Å². The highest BCUT2D eigenvalue weighted by atomic mass is 16.2. The Kier molecular flexibility index (Phi) is 3.09. The first kappa shape index (κ1) is 14.4. The Morgan fingerprint density at radius 3 is 2.73 bits per heavy atom. The average molecular weight is 302 g/mol. The molecule has 0 bridgehead atoms. The summed E-state index contributed by atoms with van der Waals surface area (Å²) in [6.07, 6.45) is 0.568. The van der Waals surface area contributed by atoms with E-state index >= 15 is 0 Å². The molecule has 0 spiro atoms. The number of benzene rings is 1. The lowest BCUT2D eigenvalue weighted by molar-refractivity contribution is -0.126. The first-order valence-electron chi connectivity index (χ1n) is 7.10. The van der Waals surface area contributed by atoms with Crippen LogP contribution in [0.4, 0.5) is 0 Å². The maximum atomic E-state index is 12.6. The van der Waals surface area contributed by atoms with Gasteiger partial charge < -0.3 is 15.6 Å². The number of nitrogens with two attached hydrogens (primary N) is 1. The van der Waals surface area contributed by atoms with E-state index in [1.807, 2.05) is 0 Å². The number of aryl methyl sites for hydroxylation is 1. The van der Waals surface area contributed by atoms with Gasteiger partial charge in [-0.25, -0.2) is 4.79 Å². The van der Waals surface area contributed by atoms with Crippen LogP contribution < -0.4 is 11.4 Å². The molecular weight excluding hydrogens is 284 g/mol. The molecule has 1 saturated heterocycles. The van der Waals surface area contributed by atoms with Gasteiger partial charge in [-0.15, -0.1) is 0 Å². The summed E-state index contributed by atoms with van der Waals surface area (Å²) >= 11 is 0.